The van der Waals surface area contributed by atoms with Crippen molar-refractivity contribution in [2.75, 3.05) is 6.54 Å². The maximum Gasteiger partial charge on any atom is 0.336 e. The number of fused-ring (bicyclic) bond motifs is 1. The second-order valence-electron chi connectivity index (χ2n) is 5.99. The maximum atomic E-state index is 13.8. The van der Waals surface area contributed by atoms with Crippen LogP contribution in [-0.4, -0.2) is 28.4 Å². The van der Waals surface area contributed by atoms with Gasteiger partial charge in [0.25, 0.3) is 0 Å². The Morgan fingerprint density at radius 2 is 2.05 bits per heavy atom. The molecule has 1 atom stereocenters. The van der Waals surface area contributed by atoms with Crippen molar-refractivity contribution in [3.8, 4) is 0 Å². The fourth-order valence-electron chi connectivity index (χ4n) is 3.11. The number of carbonyl (C=O) groups excluding carboxylic acids is 1. The molecule has 1 amide bonds. The van der Waals surface area contributed by atoms with E-state index in [-0.39, 0.29) is 29.8 Å². The molecule has 0 bridgehead atoms. The Bertz CT molecular complexity index is 610. The third-order valence-electron chi connectivity index (χ3n) is 4.62. The van der Waals surface area contributed by atoms with Gasteiger partial charge in [-0.1, -0.05) is 6.92 Å². The van der Waals surface area contributed by atoms with E-state index in [1.165, 1.54) is 12.1 Å². The van der Waals surface area contributed by atoms with Crippen LogP contribution in [0.5, 0.6) is 0 Å². The minimum absolute atomic E-state index is 0.0200. The van der Waals surface area contributed by atoms with Gasteiger partial charge in [0.15, 0.2) is 0 Å². The van der Waals surface area contributed by atoms with Crippen LogP contribution in [0, 0.1) is 17.7 Å². The summed E-state index contributed by atoms with van der Waals surface area (Å²) in [5, 5.41) is 9.24. The van der Waals surface area contributed by atoms with Gasteiger partial charge in [-0.25, -0.2) is 9.18 Å². The molecule has 112 valence electrons. The highest BCUT2D eigenvalue weighted by atomic mass is 19.1. The van der Waals surface area contributed by atoms with Crippen molar-refractivity contribution in [3.63, 3.8) is 0 Å². The van der Waals surface area contributed by atoms with Crippen LogP contribution in [-0.2, 0) is 17.8 Å². The van der Waals surface area contributed by atoms with Crippen molar-refractivity contribution in [1.29, 1.82) is 0 Å². The zero-order chi connectivity index (χ0) is 15.1. The highest BCUT2D eigenvalue weighted by Gasteiger charge is 2.36. The smallest absolute Gasteiger partial charge is 0.336 e. The molecule has 0 spiro atoms. The largest absolute Gasteiger partial charge is 0.478 e. The molecule has 1 N–H and O–H groups in total. The number of halogens is 1. The van der Waals surface area contributed by atoms with Crippen LogP contribution >= 0.6 is 0 Å². The second-order valence-corrected chi connectivity index (χ2v) is 5.99. The summed E-state index contributed by atoms with van der Waals surface area (Å²) >= 11 is 0. The van der Waals surface area contributed by atoms with Gasteiger partial charge in [0.2, 0.25) is 5.91 Å². The molecule has 2 aliphatic rings. The highest BCUT2D eigenvalue weighted by Crippen LogP contribution is 2.38. The fraction of sp³-hybridized carbons (Fsp3) is 0.500. The predicted molar refractivity (Wildman–Crippen MR) is 74.4 cm³/mol. The van der Waals surface area contributed by atoms with E-state index >= 15 is 0 Å². The SMILES string of the molecule is CC(C(=O)N1CCc2c(F)ccc(C(=O)O)c2C1)C1CC1. The second kappa shape index (κ2) is 5.13. The van der Waals surface area contributed by atoms with Gasteiger partial charge in [0.05, 0.1) is 5.56 Å². The lowest BCUT2D eigenvalue weighted by molar-refractivity contribution is -0.136. The van der Waals surface area contributed by atoms with Crippen molar-refractivity contribution < 1.29 is 19.1 Å². The monoisotopic (exact) mass is 291 g/mol. The topological polar surface area (TPSA) is 57.6 Å². The average molecular weight is 291 g/mol. The van der Waals surface area contributed by atoms with Crippen LogP contribution in [0.4, 0.5) is 4.39 Å². The van der Waals surface area contributed by atoms with Crippen molar-refractivity contribution in [2.24, 2.45) is 11.8 Å². The Morgan fingerprint density at radius 3 is 2.67 bits per heavy atom. The van der Waals surface area contributed by atoms with E-state index in [0.29, 0.717) is 30.0 Å². The summed E-state index contributed by atoms with van der Waals surface area (Å²) in [6.07, 6.45) is 2.56. The first-order chi connectivity index (χ1) is 9.99. The summed E-state index contributed by atoms with van der Waals surface area (Å²) in [5.41, 5.74) is 0.992. The molecule has 0 radical (unpaired) electrons. The van der Waals surface area contributed by atoms with Crippen molar-refractivity contribution in [1.82, 2.24) is 4.90 Å². The summed E-state index contributed by atoms with van der Waals surface area (Å²) in [5.74, 6) is -0.949. The lowest BCUT2D eigenvalue weighted by Gasteiger charge is -2.32. The number of hydrogen-bond donors (Lipinski definition) is 1. The van der Waals surface area contributed by atoms with E-state index in [0.717, 1.165) is 12.8 Å². The van der Waals surface area contributed by atoms with E-state index < -0.39 is 5.97 Å². The van der Waals surface area contributed by atoms with E-state index in [9.17, 15) is 19.1 Å². The predicted octanol–water partition coefficient (Wildman–Crippen LogP) is 2.45. The first-order valence-corrected chi connectivity index (χ1v) is 7.31. The quantitative estimate of drug-likeness (QED) is 0.930. The number of aromatic carboxylic acids is 1. The Balaban J connectivity index is 1.88. The molecule has 3 rings (SSSR count). The molecule has 21 heavy (non-hydrogen) atoms. The lowest BCUT2D eigenvalue weighted by atomic mass is 9.93. The van der Waals surface area contributed by atoms with Gasteiger partial charge < -0.3 is 10.0 Å². The number of amides is 1. The number of carboxylic acids is 1. The van der Waals surface area contributed by atoms with Crippen LogP contribution < -0.4 is 0 Å². The molecule has 0 saturated heterocycles. The van der Waals surface area contributed by atoms with E-state index in [4.69, 9.17) is 0 Å². The van der Waals surface area contributed by atoms with Gasteiger partial charge in [-0.15, -0.1) is 0 Å². The molecular formula is C16H18FNO3. The molecule has 1 heterocycles. The van der Waals surface area contributed by atoms with Gasteiger partial charge in [-0.2, -0.15) is 0 Å². The van der Waals surface area contributed by atoms with Crippen molar-refractivity contribution in [3.05, 3.63) is 34.6 Å². The number of benzene rings is 1. The molecule has 1 aliphatic heterocycles. The molecule has 5 heteroatoms. The van der Waals surface area contributed by atoms with E-state index in [1.807, 2.05) is 6.92 Å². The number of carbonyl (C=O) groups is 2. The molecule has 1 saturated carbocycles. The van der Waals surface area contributed by atoms with E-state index in [1.54, 1.807) is 4.90 Å². The molecule has 0 aromatic heterocycles. The average Bonchev–Trinajstić information content (AvgIpc) is 3.30. The summed E-state index contributed by atoms with van der Waals surface area (Å²) < 4.78 is 13.8. The van der Waals surface area contributed by atoms with Gasteiger partial charge in [-0.3, -0.25) is 4.79 Å². The van der Waals surface area contributed by atoms with E-state index in [2.05, 4.69) is 0 Å². The minimum atomic E-state index is -1.07. The number of rotatable bonds is 3. The Hall–Kier alpha value is -1.91. The summed E-state index contributed by atoms with van der Waals surface area (Å²) in [6, 6.07) is 2.49. The molecule has 1 fully saturated rings. The number of nitrogens with zero attached hydrogens (tertiary/aromatic N) is 1. The Morgan fingerprint density at radius 1 is 1.33 bits per heavy atom. The maximum absolute atomic E-state index is 13.8. The summed E-state index contributed by atoms with van der Waals surface area (Å²) in [7, 11) is 0. The fourth-order valence-corrected chi connectivity index (χ4v) is 3.11. The third-order valence-corrected chi connectivity index (χ3v) is 4.62. The highest BCUT2D eigenvalue weighted by molar-refractivity contribution is 5.90. The first kappa shape index (κ1) is 14.0. The van der Waals surface area contributed by atoms with Crippen LogP contribution in [0.25, 0.3) is 0 Å². The summed E-state index contributed by atoms with van der Waals surface area (Å²) in [6.45, 7) is 2.59. The Kier molecular flexibility index (Phi) is 3.43. The zero-order valence-corrected chi connectivity index (χ0v) is 11.9. The van der Waals surface area contributed by atoms with Crippen LogP contribution in [0.2, 0.25) is 0 Å². The molecule has 1 aromatic rings. The van der Waals surface area contributed by atoms with Crippen LogP contribution in [0.1, 0.15) is 41.3 Å². The molecular weight excluding hydrogens is 273 g/mol. The van der Waals surface area contributed by atoms with Gasteiger partial charge >= 0.3 is 5.97 Å². The van der Waals surface area contributed by atoms with Crippen molar-refractivity contribution in [2.45, 2.75) is 32.7 Å². The zero-order valence-electron chi connectivity index (χ0n) is 11.9. The summed E-state index contributed by atoms with van der Waals surface area (Å²) in [4.78, 5) is 25.4. The van der Waals surface area contributed by atoms with Gasteiger partial charge in [0, 0.05) is 19.0 Å². The van der Waals surface area contributed by atoms with Crippen molar-refractivity contribution >= 4 is 11.9 Å². The molecule has 4 nitrogen and oxygen atoms in total. The van der Waals surface area contributed by atoms with Gasteiger partial charge in [-0.05, 0) is 48.4 Å². The number of carboxylic acid groups (broad SMARTS) is 1. The normalized spacial score (nSPS) is 19.0. The molecule has 1 unspecified atom stereocenters. The molecule has 1 aliphatic carbocycles. The lowest BCUT2D eigenvalue weighted by Crippen LogP contribution is -2.40. The molecule has 1 aromatic carbocycles. The minimum Gasteiger partial charge on any atom is -0.478 e. The van der Waals surface area contributed by atoms with Gasteiger partial charge in [0.1, 0.15) is 5.82 Å². The third kappa shape index (κ3) is 2.52. The van der Waals surface area contributed by atoms with Crippen LogP contribution in [0.15, 0.2) is 12.1 Å². The standard InChI is InChI=1S/C16H18FNO3/c1-9(10-2-3-10)15(19)18-7-6-11-13(8-18)12(16(20)21)4-5-14(11)17/h4-5,9-10H,2-3,6-8H2,1H3,(H,20,21). The number of hydrogen-bond acceptors (Lipinski definition) is 2. The first-order valence-electron chi connectivity index (χ1n) is 7.31. The Labute approximate surface area is 122 Å². The van der Waals surface area contributed by atoms with Crippen LogP contribution in [0.3, 0.4) is 0 Å².